The number of hydrogen-bond acceptors (Lipinski definition) is 4. The molecule has 5 nitrogen and oxygen atoms in total. The summed E-state index contributed by atoms with van der Waals surface area (Å²) in [6, 6.07) is 0. The third-order valence-corrected chi connectivity index (χ3v) is 4.99. The molecule has 2 saturated heterocycles. The van der Waals surface area contributed by atoms with Gasteiger partial charge in [-0.15, -0.1) is 0 Å². The SMILES string of the molecule is O=C(NCCCN1CCCCC1)C1CCN(CCCO)CC1. The zero-order valence-corrected chi connectivity index (χ0v) is 13.9. The molecule has 0 aromatic carbocycles. The Balaban J connectivity index is 1.52. The van der Waals surface area contributed by atoms with E-state index in [-0.39, 0.29) is 18.4 Å². The predicted molar refractivity (Wildman–Crippen MR) is 88.8 cm³/mol. The van der Waals surface area contributed by atoms with E-state index in [0.29, 0.717) is 0 Å². The number of nitrogens with one attached hydrogen (secondary N) is 1. The van der Waals surface area contributed by atoms with Crippen LogP contribution >= 0.6 is 0 Å². The van der Waals surface area contributed by atoms with Crippen LogP contribution < -0.4 is 5.32 Å². The second-order valence-corrected chi connectivity index (χ2v) is 6.74. The van der Waals surface area contributed by atoms with Crippen molar-refractivity contribution in [3.63, 3.8) is 0 Å². The van der Waals surface area contributed by atoms with Gasteiger partial charge in [0.05, 0.1) is 0 Å². The van der Waals surface area contributed by atoms with Gasteiger partial charge in [-0.1, -0.05) is 6.42 Å². The smallest absolute Gasteiger partial charge is 0.223 e. The van der Waals surface area contributed by atoms with E-state index < -0.39 is 0 Å². The second-order valence-electron chi connectivity index (χ2n) is 6.74. The van der Waals surface area contributed by atoms with Gasteiger partial charge in [0, 0.05) is 25.6 Å². The minimum atomic E-state index is 0.195. The Labute approximate surface area is 135 Å². The lowest BCUT2D eigenvalue weighted by Gasteiger charge is -2.31. The predicted octanol–water partition coefficient (Wildman–Crippen LogP) is 1.07. The van der Waals surface area contributed by atoms with Crippen molar-refractivity contribution in [2.24, 2.45) is 5.92 Å². The van der Waals surface area contributed by atoms with Gasteiger partial charge in [0.1, 0.15) is 0 Å². The molecule has 2 aliphatic rings. The molecule has 0 saturated carbocycles. The van der Waals surface area contributed by atoms with E-state index in [2.05, 4.69) is 15.1 Å². The zero-order valence-electron chi connectivity index (χ0n) is 13.9. The molecule has 5 heteroatoms. The largest absolute Gasteiger partial charge is 0.396 e. The van der Waals surface area contributed by atoms with Crippen molar-refractivity contribution < 1.29 is 9.90 Å². The first-order valence-electron chi connectivity index (χ1n) is 9.13. The number of aliphatic hydroxyl groups excluding tert-OH is 1. The highest BCUT2D eigenvalue weighted by Gasteiger charge is 2.24. The molecule has 0 bridgehead atoms. The van der Waals surface area contributed by atoms with E-state index >= 15 is 0 Å². The molecule has 0 aliphatic carbocycles. The van der Waals surface area contributed by atoms with E-state index in [1.165, 1.54) is 32.4 Å². The van der Waals surface area contributed by atoms with Gasteiger partial charge in [-0.3, -0.25) is 4.79 Å². The van der Waals surface area contributed by atoms with Crippen LogP contribution in [0.3, 0.4) is 0 Å². The topological polar surface area (TPSA) is 55.8 Å². The molecule has 1 amide bonds. The standard InChI is InChI=1S/C17H33N3O2/c21-15-5-12-20-13-6-16(7-14-20)17(22)18-8-4-11-19-9-2-1-3-10-19/h16,21H,1-15H2,(H,18,22). The van der Waals surface area contributed by atoms with Crippen molar-refractivity contribution in [1.82, 2.24) is 15.1 Å². The number of piperidine rings is 2. The van der Waals surface area contributed by atoms with E-state index in [0.717, 1.165) is 58.4 Å². The Hall–Kier alpha value is -0.650. The average Bonchev–Trinajstić information content (AvgIpc) is 2.58. The van der Waals surface area contributed by atoms with E-state index in [1.54, 1.807) is 0 Å². The fraction of sp³-hybridized carbons (Fsp3) is 0.941. The van der Waals surface area contributed by atoms with E-state index in [4.69, 9.17) is 5.11 Å². The van der Waals surface area contributed by atoms with Gasteiger partial charge in [0.25, 0.3) is 0 Å². The Morgan fingerprint density at radius 1 is 0.955 bits per heavy atom. The molecule has 0 spiro atoms. The molecule has 0 aromatic rings. The number of nitrogens with zero attached hydrogens (tertiary/aromatic N) is 2. The van der Waals surface area contributed by atoms with E-state index in [9.17, 15) is 4.79 Å². The lowest BCUT2D eigenvalue weighted by atomic mass is 9.96. The van der Waals surface area contributed by atoms with Crippen molar-refractivity contribution in [3.05, 3.63) is 0 Å². The van der Waals surface area contributed by atoms with Crippen LogP contribution in [0.4, 0.5) is 0 Å². The van der Waals surface area contributed by atoms with Crippen LogP contribution in [-0.4, -0.2) is 73.2 Å². The molecule has 22 heavy (non-hydrogen) atoms. The quantitative estimate of drug-likeness (QED) is 0.659. The van der Waals surface area contributed by atoms with Crippen LogP contribution in [0.15, 0.2) is 0 Å². The van der Waals surface area contributed by atoms with Crippen molar-refractivity contribution in [3.8, 4) is 0 Å². The minimum absolute atomic E-state index is 0.195. The number of hydrogen-bond donors (Lipinski definition) is 2. The Bertz CT molecular complexity index is 311. The summed E-state index contributed by atoms with van der Waals surface area (Å²) < 4.78 is 0. The molecule has 2 rings (SSSR count). The molecule has 0 unspecified atom stereocenters. The zero-order chi connectivity index (χ0) is 15.6. The third kappa shape index (κ3) is 6.23. The summed E-state index contributed by atoms with van der Waals surface area (Å²) in [5, 5.41) is 12.0. The third-order valence-electron chi connectivity index (χ3n) is 4.99. The summed E-state index contributed by atoms with van der Waals surface area (Å²) in [5.41, 5.74) is 0. The van der Waals surface area contributed by atoms with Gasteiger partial charge in [0.2, 0.25) is 5.91 Å². The van der Waals surface area contributed by atoms with Crippen LogP contribution in [-0.2, 0) is 4.79 Å². The number of carbonyl (C=O) groups excluding carboxylic acids is 1. The lowest BCUT2D eigenvalue weighted by molar-refractivity contribution is -0.126. The molecule has 0 atom stereocenters. The number of amides is 1. The van der Waals surface area contributed by atoms with Crippen molar-refractivity contribution in [2.45, 2.75) is 44.9 Å². The number of rotatable bonds is 8. The van der Waals surface area contributed by atoms with E-state index in [1.807, 2.05) is 0 Å². The normalized spacial score (nSPS) is 21.9. The molecule has 2 N–H and O–H groups in total. The lowest BCUT2D eigenvalue weighted by Crippen LogP contribution is -2.41. The highest BCUT2D eigenvalue weighted by atomic mass is 16.3. The van der Waals surface area contributed by atoms with Gasteiger partial charge in [-0.2, -0.15) is 0 Å². The van der Waals surface area contributed by atoms with Gasteiger partial charge >= 0.3 is 0 Å². The monoisotopic (exact) mass is 311 g/mol. The molecule has 0 aromatic heterocycles. The molecular weight excluding hydrogens is 278 g/mol. The molecule has 0 radical (unpaired) electrons. The summed E-state index contributed by atoms with van der Waals surface area (Å²) in [7, 11) is 0. The highest BCUT2D eigenvalue weighted by Crippen LogP contribution is 2.17. The highest BCUT2D eigenvalue weighted by molar-refractivity contribution is 5.78. The van der Waals surface area contributed by atoms with Crippen molar-refractivity contribution in [1.29, 1.82) is 0 Å². The Morgan fingerprint density at radius 2 is 1.59 bits per heavy atom. The van der Waals surface area contributed by atoms with Crippen LogP contribution in [0.1, 0.15) is 44.9 Å². The van der Waals surface area contributed by atoms with Gasteiger partial charge in [-0.25, -0.2) is 0 Å². The van der Waals surface area contributed by atoms with Crippen LogP contribution in [0.2, 0.25) is 0 Å². The summed E-state index contributed by atoms with van der Waals surface area (Å²) in [6.45, 7) is 7.62. The van der Waals surface area contributed by atoms with Gasteiger partial charge < -0.3 is 20.2 Å². The fourth-order valence-corrected chi connectivity index (χ4v) is 3.55. The van der Waals surface area contributed by atoms with Gasteiger partial charge in [-0.05, 0) is 71.2 Å². The molecule has 2 fully saturated rings. The fourth-order valence-electron chi connectivity index (χ4n) is 3.55. The number of likely N-dealkylation sites (tertiary alicyclic amines) is 2. The first-order chi connectivity index (χ1) is 10.8. The number of carbonyl (C=O) groups is 1. The maximum atomic E-state index is 12.2. The van der Waals surface area contributed by atoms with Crippen LogP contribution in [0, 0.1) is 5.92 Å². The molecule has 2 heterocycles. The first-order valence-corrected chi connectivity index (χ1v) is 9.13. The molecule has 128 valence electrons. The maximum absolute atomic E-state index is 12.2. The summed E-state index contributed by atoms with van der Waals surface area (Å²) in [5.74, 6) is 0.445. The molecular formula is C17H33N3O2. The van der Waals surface area contributed by atoms with Crippen LogP contribution in [0.5, 0.6) is 0 Å². The molecule has 2 aliphatic heterocycles. The van der Waals surface area contributed by atoms with Crippen molar-refractivity contribution >= 4 is 5.91 Å². The maximum Gasteiger partial charge on any atom is 0.223 e. The average molecular weight is 311 g/mol. The summed E-state index contributed by atoms with van der Waals surface area (Å²) in [6.07, 6.45) is 7.88. The minimum Gasteiger partial charge on any atom is -0.396 e. The number of aliphatic hydroxyl groups is 1. The Kier molecular flexibility index (Phi) is 8.20. The Morgan fingerprint density at radius 3 is 2.27 bits per heavy atom. The first kappa shape index (κ1) is 17.7. The second kappa shape index (κ2) is 10.2. The summed E-state index contributed by atoms with van der Waals surface area (Å²) >= 11 is 0. The van der Waals surface area contributed by atoms with Gasteiger partial charge in [0.15, 0.2) is 0 Å². The van der Waals surface area contributed by atoms with Crippen molar-refractivity contribution in [2.75, 3.05) is 52.4 Å². The summed E-state index contributed by atoms with van der Waals surface area (Å²) in [4.78, 5) is 17.1. The van der Waals surface area contributed by atoms with Crippen LogP contribution in [0.25, 0.3) is 0 Å².